The Labute approximate surface area is 116 Å². The van der Waals surface area contributed by atoms with Gasteiger partial charge < -0.3 is 5.32 Å². The fourth-order valence-electron chi connectivity index (χ4n) is 1.33. The zero-order valence-corrected chi connectivity index (χ0v) is 12.7. The van der Waals surface area contributed by atoms with Crippen LogP contribution in [0.5, 0.6) is 0 Å². The maximum absolute atomic E-state index is 11.9. The van der Waals surface area contributed by atoms with Crippen LogP contribution in [-0.4, -0.2) is 18.2 Å². The van der Waals surface area contributed by atoms with Gasteiger partial charge in [0.25, 0.3) is 5.91 Å². The van der Waals surface area contributed by atoms with Gasteiger partial charge in [-0.3, -0.25) is 9.59 Å². The van der Waals surface area contributed by atoms with Crippen molar-refractivity contribution in [3.05, 3.63) is 33.8 Å². The molecule has 0 bridgehead atoms. The van der Waals surface area contributed by atoms with Gasteiger partial charge in [-0.25, -0.2) is 0 Å². The van der Waals surface area contributed by atoms with E-state index in [0.29, 0.717) is 5.56 Å². The first-order valence-electron chi connectivity index (χ1n) is 5.79. The predicted molar refractivity (Wildman–Crippen MR) is 75.7 cm³/mol. The third-order valence-electron chi connectivity index (χ3n) is 2.62. The van der Waals surface area contributed by atoms with Crippen molar-refractivity contribution in [3.63, 3.8) is 0 Å². The van der Waals surface area contributed by atoms with E-state index in [9.17, 15) is 9.59 Å². The van der Waals surface area contributed by atoms with E-state index in [1.807, 2.05) is 39.8 Å². The van der Waals surface area contributed by atoms with Gasteiger partial charge in [0.2, 0.25) is 0 Å². The van der Waals surface area contributed by atoms with E-state index in [2.05, 4.69) is 21.2 Å². The summed E-state index contributed by atoms with van der Waals surface area (Å²) in [7, 11) is 0. The maximum Gasteiger partial charge on any atom is 0.252 e. The van der Waals surface area contributed by atoms with Gasteiger partial charge in [0.05, 0.1) is 12.1 Å². The average molecular weight is 312 g/mol. The zero-order chi connectivity index (χ0) is 13.9. The summed E-state index contributed by atoms with van der Waals surface area (Å²) in [4.78, 5) is 23.6. The summed E-state index contributed by atoms with van der Waals surface area (Å²) in [6, 6.07) is 5.49. The number of ketones is 1. The van der Waals surface area contributed by atoms with Crippen molar-refractivity contribution in [3.8, 4) is 0 Å². The zero-order valence-electron chi connectivity index (χ0n) is 11.1. The molecule has 0 unspecified atom stereocenters. The molecule has 1 amide bonds. The van der Waals surface area contributed by atoms with Crippen LogP contribution in [0, 0.1) is 12.3 Å². The minimum Gasteiger partial charge on any atom is -0.345 e. The smallest absolute Gasteiger partial charge is 0.252 e. The van der Waals surface area contributed by atoms with Crippen molar-refractivity contribution in [1.82, 2.24) is 5.32 Å². The highest BCUT2D eigenvalue weighted by Crippen LogP contribution is 2.18. The monoisotopic (exact) mass is 311 g/mol. The predicted octanol–water partition coefficient (Wildman–Crippen LogP) is 3.10. The van der Waals surface area contributed by atoms with Crippen LogP contribution >= 0.6 is 15.9 Å². The second kappa shape index (κ2) is 5.65. The summed E-state index contributed by atoms with van der Waals surface area (Å²) in [6.45, 7) is 7.52. The number of benzene rings is 1. The van der Waals surface area contributed by atoms with Crippen molar-refractivity contribution in [1.29, 1.82) is 0 Å². The third-order valence-corrected chi connectivity index (χ3v) is 3.27. The fourth-order valence-corrected chi connectivity index (χ4v) is 2.00. The number of aryl methyl sites for hydroxylation is 1. The molecule has 0 fully saturated rings. The molecule has 98 valence electrons. The molecule has 1 aromatic carbocycles. The van der Waals surface area contributed by atoms with Gasteiger partial charge in [0.1, 0.15) is 0 Å². The van der Waals surface area contributed by atoms with Gasteiger partial charge in [0.15, 0.2) is 5.78 Å². The molecule has 0 saturated heterocycles. The Kier molecular flexibility index (Phi) is 4.68. The first-order valence-corrected chi connectivity index (χ1v) is 6.59. The molecule has 0 heterocycles. The summed E-state index contributed by atoms with van der Waals surface area (Å²) < 4.78 is 0.739. The van der Waals surface area contributed by atoms with E-state index in [0.717, 1.165) is 10.0 Å². The van der Waals surface area contributed by atoms with Crippen molar-refractivity contribution in [2.24, 2.45) is 5.41 Å². The van der Waals surface area contributed by atoms with Crippen LogP contribution in [0.25, 0.3) is 0 Å². The summed E-state index contributed by atoms with van der Waals surface area (Å²) in [5.74, 6) is -0.224. The Morgan fingerprint density at radius 2 is 1.89 bits per heavy atom. The van der Waals surface area contributed by atoms with Crippen LogP contribution in [0.2, 0.25) is 0 Å². The molecule has 0 aromatic heterocycles. The summed E-state index contributed by atoms with van der Waals surface area (Å²) in [5, 5.41) is 2.65. The van der Waals surface area contributed by atoms with Gasteiger partial charge in [-0.1, -0.05) is 26.8 Å². The number of carbonyl (C=O) groups excluding carboxylic acids is 2. The first kappa shape index (κ1) is 14.9. The van der Waals surface area contributed by atoms with Gasteiger partial charge in [-0.05, 0) is 40.5 Å². The Balaban J connectivity index is 2.70. The van der Waals surface area contributed by atoms with Crippen LogP contribution in [-0.2, 0) is 4.79 Å². The minimum atomic E-state index is -0.433. The largest absolute Gasteiger partial charge is 0.345 e. The lowest BCUT2D eigenvalue weighted by atomic mass is 9.91. The molecule has 0 aliphatic rings. The van der Waals surface area contributed by atoms with Crippen LogP contribution < -0.4 is 5.32 Å². The third kappa shape index (κ3) is 3.95. The Morgan fingerprint density at radius 3 is 2.39 bits per heavy atom. The van der Waals surface area contributed by atoms with Crippen LogP contribution in [0.3, 0.4) is 0 Å². The second-order valence-corrected chi connectivity index (χ2v) is 6.19. The number of halogens is 1. The number of carbonyl (C=O) groups is 2. The summed E-state index contributed by atoms with van der Waals surface area (Å²) >= 11 is 3.35. The van der Waals surface area contributed by atoms with Gasteiger partial charge in [-0.15, -0.1) is 0 Å². The van der Waals surface area contributed by atoms with Crippen LogP contribution in [0.15, 0.2) is 22.7 Å². The van der Waals surface area contributed by atoms with E-state index < -0.39 is 5.41 Å². The highest BCUT2D eigenvalue weighted by atomic mass is 79.9. The Bertz CT molecular complexity index is 475. The first-order chi connectivity index (χ1) is 8.21. The molecule has 0 saturated carbocycles. The van der Waals surface area contributed by atoms with Gasteiger partial charge >= 0.3 is 0 Å². The van der Waals surface area contributed by atoms with E-state index in [1.54, 1.807) is 6.07 Å². The van der Waals surface area contributed by atoms with Crippen molar-refractivity contribution in [2.45, 2.75) is 27.7 Å². The Morgan fingerprint density at radius 1 is 1.28 bits per heavy atom. The highest BCUT2D eigenvalue weighted by Gasteiger charge is 2.21. The van der Waals surface area contributed by atoms with E-state index in [-0.39, 0.29) is 18.2 Å². The SMILES string of the molecule is Cc1ccc(C(=O)NCC(=O)C(C)(C)C)c(Br)c1. The van der Waals surface area contributed by atoms with Crippen LogP contribution in [0.1, 0.15) is 36.7 Å². The number of hydrogen-bond donors (Lipinski definition) is 1. The average Bonchev–Trinajstić information content (AvgIpc) is 2.24. The topological polar surface area (TPSA) is 46.2 Å². The lowest BCUT2D eigenvalue weighted by Gasteiger charge is -2.16. The molecular weight excluding hydrogens is 294 g/mol. The van der Waals surface area contributed by atoms with Crippen molar-refractivity contribution >= 4 is 27.6 Å². The number of amides is 1. The van der Waals surface area contributed by atoms with Crippen molar-refractivity contribution in [2.75, 3.05) is 6.54 Å². The number of rotatable bonds is 3. The molecule has 0 spiro atoms. The summed E-state index contributed by atoms with van der Waals surface area (Å²) in [6.07, 6.45) is 0. The molecule has 1 aromatic rings. The highest BCUT2D eigenvalue weighted by molar-refractivity contribution is 9.10. The van der Waals surface area contributed by atoms with E-state index in [1.165, 1.54) is 0 Å². The quantitative estimate of drug-likeness (QED) is 0.932. The normalized spacial score (nSPS) is 11.2. The van der Waals surface area contributed by atoms with Crippen LogP contribution in [0.4, 0.5) is 0 Å². The molecule has 3 nitrogen and oxygen atoms in total. The maximum atomic E-state index is 11.9. The lowest BCUT2D eigenvalue weighted by Crippen LogP contribution is -2.35. The molecule has 18 heavy (non-hydrogen) atoms. The lowest BCUT2D eigenvalue weighted by molar-refractivity contribution is -0.125. The van der Waals surface area contributed by atoms with Gasteiger partial charge in [-0.2, -0.15) is 0 Å². The number of nitrogens with one attached hydrogen (secondary N) is 1. The molecule has 0 aliphatic carbocycles. The molecule has 1 N–H and O–H groups in total. The molecule has 4 heteroatoms. The summed E-state index contributed by atoms with van der Waals surface area (Å²) in [5.41, 5.74) is 1.18. The molecule has 0 radical (unpaired) electrons. The van der Waals surface area contributed by atoms with E-state index in [4.69, 9.17) is 0 Å². The molecular formula is C14H18BrNO2. The number of Topliss-reactive ketones (excluding diaryl/α,β-unsaturated/α-hetero) is 1. The van der Waals surface area contributed by atoms with E-state index >= 15 is 0 Å². The molecule has 0 atom stereocenters. The molecule has 1 rings (SSSR count). The standard InChI is InChI=1S/C14H18BrNO2/c1-9-5-6-10(11(15)7-9)13(18)16-8-12(17)14(2,3)4/h5-7H,8H2,1-4H3,(H,16,18). The minimum absolute atomic E-state index is 0.0130. The fraction of sp³-hybridized carbons (Fsp3) is 0.429. The second-order valence-electron chi connectivity index (χ2n) is 5.34. The van der Waals surface area contributed by atoms with Gasteiger partial charge in [0, 0.05) is 9.89 Å². The Hall–Kier alpha value is -1.16. The number of hydrogen-bond acceptors (Lipinski definition) is 2. The molecule has 0 aliphatic heterocycles. The van der Waals surface area contributed by atoms with Crippen molar-refractivity contribution < 1.29 is 9.59 Å².